The van der Waals surface area contributed by atoms with Crippen LogP contribution in [0.5, 0.6) is 0 Å². The van der Waals surface area contributed by atoms with Crippen molar-refractivity contribution in [2.45, 2.75) is 63.4 Å². The molecule has 2 nitrogen and oxygen atoms in total. The number of hydrogen-bond donors (Lipinski definition) is 0. The number of alkyl halides is 2. The van der Waals surface area contributed by atoms with Crippen LogP contribution in [0.3, 0.4) is 0 Å². The summed E-state index contributed by atoms with van der Waals surface area (Å²) in [5.74, 6) is -1.31. The second kappa shape index (κ2) is 4.81. The molecule has 0 aromatic carbocycles. The van der Waals surface area contributed by atoms with Gasteiger partial charge in [-0.25, -0.2) is 4.79 Å². The lowest BCUT2D eigenvalue weighted by atomic mass is 9.98. The molecule has 1 saturated carbocycles. The molecule has 94 valence electrons. The fourth-order valence-corrected chi connectivity index (χ4v) is 2.39. The molecule has 1 aliphatic rings. The summed E-state index contributed by atoms with van der Waals surface area (Å²) in [6.07, 6.45) is 4.22. The third-order valence-corrected chi connectivity index (χ3v) is 5.11. The molecule has 0 aromatic rings. The van der Waals surface area contributed by atoms with E-state index in [4.69, 9.17) is 4.74 Å². The molecule has 0 aromatic heterocycles. The second-order valence-corrected chi connectivity index (χ2v) is 10.6. The first-order chi connectivity index (χ1) is 7.25. The molecule has 0 atom stereocenters. The van der Waals surface area contributed by atoms with E-state index in [1.165, 1.54) is 19.6 Å². The molecule has 0 N–H and O–H groups in total. The number of halogens is 2. The maximum absolute atomic E-state index is 13.7. The standard InChI is InChI=1S/C11H20F2O2Si/c1-16(2,3)11(12,13)10(14)15-9-7-5-4-6-8-9/h9H,4-8H2,1-3H3. The average Bonchev–Trinajstić information content (AvgIpc) is 2.17. The Bertz CT molecular complexity index is 255. The number of esters is 1. The van der Waals surface area contributed by atoms with Gasteiger partial charge in [0.05, 0.1) is 0 Å². The van der Waals surface area contributed by atoms with Gasteiger partial charge in [-0.1, -0.05) is 26.1 Å². The zero-order valence-electron chi connectivity index (χ0n) is 10.2. The Hall–Kier alpha value is -0.453. The van der Waals surface area contributed by atoms with E-state index in [-0.39, 0.29) is 6.10 Å². The van der Waals surface area contributed by atoms with Crippen LogP contribution in [0.15, 0.2) is 0 Å². The smallest absolute Gasteiger partial charge is 0.372 e. The largest absolute Gasteiger partial charge is 0.458 e. The van der Waals surface area contributed by atoms with Crippen molar-refractivity contribution in [3.63, 3.8) is 0 Å². The molecule has 0 aliphatic heterocycles. The highest BCUT2D eigenvalue weighted by atomic mass is 28.3. The van der Waals surface area contributed by atoms with E-state index in [2.05, 4.69) is 0 Å². The van der Waals surface area contributed by atoms with Gasteiger partial charge < -0.3 is 4.74 Å². The molecule has 5 heteroatoms. The number of ether oxygens (including phenoxy) is 1. The Morgan fingerprint density at radius 3 is 2.12 bits per heavy atom. The quantitative estimate of drug-likeness (QED) is 0.567. The first kappa shape index (κ1) is 13.6. The minimum absolute atomic E-state index is 0.288. The lowest BCUT2D eigenvalue weighted by molar-refractivity contribution is -0.169. The van der Waals surface area contributed by atoms with E-state index in [0.717, 1.165) is 32.1 Å². The third-order valence-electron chi connectivity index (χ3n) is 3.02. The fourth-order valence-electron chi connectivity index (χ4n) is 1.71. The van der Waals surface area contributed by atoms with Gasteiger partial charge in [0.2, 0.25) is 0 Å². The summed E-state index contributed by atoms with van der Waals surface area (Å²) in [7, 11) is -2.84. The van der Waals surface area contributed by atoms with Crippen molar-refractivity contribution >= 4 is 14.0 Å². The monoisotopic (exact) mass is 250 g/mol. The van der Waals surface area contributed by atoms with Crippen LogP contribution in [0, 0.1) is 0 Å². The van der Waals surface area contributed by atoms with Gasteiger partial charge >= 0.3 is 11.5 Å². The lowest BCUT2D eigenvalue weighted by Crippen LogP contribution is -2.52. The number of carbonyl (C=O) groups is 1. The van der Waals surface area contributed by atoms with Crippen molar-refractivity contribution in [3.05, 3.63) is 0 Å². The minimum atomic E-state index is -3.27. The number of carbonyl (C=O) groups excluding carboxylic acids is 1. The van der Waals surface area contributed by atoms with Crippen LogP contribution in [0.25, 0.3) is 0 Å². The summed E-state index contributed by atoms with van der Waals surface area (Å²) in [5, 5.41) is 0. The molecule has 0 bridgehead atoms. The SMILES string of the molecule is C[Si](C)(C)C(F)(F)C(=O)OC1CCCCC1. The molecule has 1 aliphatic carbocycles. The summed E-state index contributed by atoms with van der Waals surface area (Å²) in [6.45, 7) is 4.44. The zero-order valence-corrected chi connectivity index (χ0v) is 11.2. The van der Waals surface area contributed by atoms with Gasteiger partial charge in [0.25, 0.3) is 0 Å². The van der Waals surface area contributed by atoms with E-state index in [1.54, 1.807) is 0 Å². The summed E-state index contributed by atoms with van der Waals surface area (Å²) in [4.78, 5) is 11.4. The Morgan fingerprint density at radius 2 is 1.69 bits per heavy atom. The van der Waals surface area contributed by atoms with Gasteiger partial charge in [0, 0.05) is 0 Å². The average molecular weight is 250 g/mol. The summed E-state index contributed by atoms with van der Waals surface area (Å²) < 4.78 is 32.3. The molecule has 0 radical (unpaired) electrons. The topological polar surface area (TPSA) is 26.3 Å². The predicted octanol–water partition coefficient (Wildman–Crippen LogP) is 3.38. The zero-order chi connectivity index (χ0) is 12.4. The minimum Gasteiger partial charge on any atom is -0.458 e. The van der Waals surface area contributed by atoms with Crippen molar-refractivity contribution in [2.24, 2.45) is 0 Å². The first-order valence-electron chi connectivity index (χ1n) is 5.84. The second-order valence-electron chi connectivity index (χ2n) is 5.49. The molecule has 1 fully saturated rings. The van der Waals surface area contributed by atoms with Gasteiger partial charge in [-0.3, -0.25) is 0 Å². The van der Waals surface area contributed by atoms with Crippen molar-refractivity contribution in [1.82, 2.24) is 0 Å². The van der Waals surface area contributed by atoms with E-state index in [1.807, 2.05) is 0 Å². The van der Waals surface area contributed by atoms with Gasteiger partial charge in [-0.05, 0) is 25.7 Å². The highest BCUT2D eigenvalue weighted by Crippen LogP contribution is 2.30. The highest BCUT2D eigenvalue weighted by Gasteiger charge is 2.53. The van der Waals surface area contributed by atoms with Crippen LogP contribution < -0.4 is 0 Å². The molecule has 1 rings (SSSR count). The maximum Gasteiger partial charge on any atom is 0.372 e. The van der Waals surface area contributed by atoms with Gasteiger partial charge in [0.1, 0.15) is 14.2 Å². The van der Waals surface area contributed by atoms with Crippen LogP contribution >= 0.6 is 0 Å². The van der Waals surface area contributed by atoms with Crippen molar-refractivity contribution < 1.29 is 18.3 Å². The van der Waals surface area contributed by atoms with E-state index < -0.39 is 19.6 Å². The Morgan fingerprint density at radius 1 is 1.19 bits per heavy atom. The van der Waals surface area contributed by atoms with Crippen molar-refractivity contribution in [3.8, 4) is 0 Å². The normalized spacial score (nSPS) is 19.6. The van der Waals surface area contributed by atoms with Gasteiger partial charge in [-0.15, -0.1) is 0 Å². The van der Waals surface area contributed by atoms with Crippen LogP contribution in [-0.2, 0) is 9.53 Å². The summed E-state index contributed by atoms with van der Waals surface area (Å²) >= 11 is 0. The molecule has 0 unspecified atom stereocenters. The number of rotatable bonds is 3. The van der Waals surface area contributed by atoms with E-state index in [0.29, 0.717) is 0 Å². The third kappa shape index (κ3) is 3.03. The van der Waals surface area contributed by atoms with E-state index in [9.17, 15) is 13.6 Å². The van der Waals surface area contributed by atoms with E-state index >= 15 is 0 Å². The molecular weight excluding hydrogens is 230 g/mol. The highest BCUT2D eigenvalue weighted by molar-refractivity contribution is 6.81. The van der Waals surface area contributed by atoms with Crippen molar-refractivity contribution in [2.75, 3.05) is 0 Å². The molecule has 0 saturated heterocycles. The fraction of sp³-hybridized carbons (Fsp3) is 0.909. The maximum atomic E-state index is 13.7. The van der Waals surface area contributed by atoms with Crippen LogP contribution in [0.2, 0.25) is 19.6 Å². The lowest BCUT2D eigenvalue weighted by Gasteiger charge is -2.29. The molecule has 16 heavy (non-hydrogen) atoms. The summed E-state index contributed by atoms with van der Waals surface area (Å²) in [5.41, 5.74) is -3.27. The van der Waals surface area contributed by atoms with Crippen LogP contribution in [0.1, 0.15) is 32.1 Å². The van der Waals surface area contributed by atoms with Crippen LogP contribution in [-0.4, -0.2) is 25.7 Å². The number of hydrogen-bond acceptors (Lipinski definition) is 2. The summed E-state index contributed by atoms with van der Waals surface area (Å²) in [6, 6.07) is 0. The van der Waals surface area contributed by atoms with Crippen LogP contribution in [0.4, 0.5) is 8.78 Å². The predicted molar refractivity (Wildman–Crippen MR) is 61.3 cm³/mol. The Labute approximate surface area is 96.4 Å². The van der Waals surface area contributed by atoms with Gasteiger partial charge in [-0.2, -0.15) is 8.78 Å². The Kier molecular flexibility index (Phi) is 4.10. The Balaban J connectivity index is 2.57. The molecule has 0 spiro atoms. The van der Waals surface area contributed by atoms with Gasteiger partial charge in [0.15, 0.2) is 0 Å². The molecular formula is C11H20F2O2Si. The molecule has 0 amide bonds. The first-order valence-corrected chi connectivity index (χ1v) is 9.34. The molecule has 0 heterocycles. The van der Waals surface area contributed by atoms with Crippen molar-refractivity contribution in [1.29, 1.82) is 0 Å².